The molecule has 0 aliphatic carbocycles. The lowest BCUT2D eigenvalue weighted by Crippen LogP contribution is -2.31. The van der Waals surface area contributed by atoms with Gasteiger partial charge in [0.15, 0.2) is 16.6 Å². The van der Waals surface area contributed by atoms with E-state index in [9.17, 15) is 0 Å². The summed E-state index contributed by atoms with van der Waals surface area (Å²) in [5.74, 6) is 11.9. The Kier molecular flexibility index (Phi) is 23.9. The third-order valence-corrected chi connectivity index (χ3v) is 8.13. The van der Waals surface area contributed by atoms with Crippen molar-refractivity contribution in [3.63, 3.8) is 0 Å². The van der Waals surface area contributed by atoms with Crippen molar-refractivity contribution >= 4 is 16.6 Å². The molecular formula is C36H60O2Si2. The molecule has 2 nitrogen and oxygen atoms in total. The number of hydrogen-bond donors (Lipinski definition) is 0. The van der Waals surface area contributed by atoms with Crippen molar-refractivity contribution < 1.29 is 8.85 Å². The van der Waals surface area contributed by atoms with E-state index in [0.717, 1.165) is 25.7 Å². The number of allylic oxidation sites excluding steroid dienone is 4. The highest BCUT2D eigenvalue weighted by Gasteiger charge is 2.19. The van der Waals surface area contributed by atoms with E-state index in [0.29, 0.717) is 0 Å². The van der Waals surface area contributed by atoms with Gasteiger partial charge in [-0.05, 0) is 96.0 Å². The van der Waals surface area contributed by atoms with Gasteiger partial charge in [0.25, 0.3) is 0 Å². The molecule has 0 rings (SSSR count). The van der Waals surface area contributed by atoms with Crippen LogP contribution in [0.4, 0.5) is 0 Å². The molecule has 0 aliphatic rings. The van der Waals surface area contributed by atoms with Gasteiger partial charge >= 0.3 is 0 Å². The summed E-state index contributed by atoms with van der Waals surface area (Å²) in [6.07, 6.45) is 42.8. The van der Waals surface area contributed by atoms with Gasteiger partial charge in [0, 0.05) is 12.8 Å². The monoisotopic (exact) mass is 580 g/mol. The quantitative estimate of drug-likeness (QED) is 0.0518. The Morgan fingerprint density at radius 2 is 1.20 bits per heavy atom. The first-order valence-electron chi connectivity index (χ1n) is 15.8. The summed E-state index contributed by atoms with van der Waals surface area (Å²) in [5, 5.41) is 0. The highest BCUT2D eigenvalue weighted by atomic mass is 28.4. The molecule has 224 valence electrons. The second kappa shape index (κ2) is 25.0. The zero-order chi connectivity index (χ0) is 30.0. The van der Waals surface area contributed by atoms with E-state index < -0.39 is 16.6 Å². The van der Waals surface area contributed by atoms with Crippen LogP contribution < -0.4 is 0 Å². The summed E-state index contributed by atoms with van der Waals surface area (Å²) < 4.78 is 12.2. The Morgan fingerprint density at radius 3 is 1.80 bits per heavy atom. The highest BCUT2D eigenvalue weighted by molar-refractivity contribution is 6.70. The number of rotatable bonds is 23. The molecule has 0 radical (unpaired) electrons. The predicted molar refractivity (Wildman–Crippen MR) is 183 cm³/mol. The molecule has 0 unspecified atom stereocenters. The third kappa shape index (κ3) is 29.2. The molecule has 0 bridgehead atoms. The molecule has 0 N–H and O–H groups in total. The average molecular weight is 581 g/mol. The molecule has 0 saturated carbocycles. The maximum absolute atomic E-state index is 6.24. The second-order valence-electron chi connectivity index (χ2n) is 12.6. The lowest BCUT2D eigenvalue weighted by Gasteiger charge is -2.24. The van der Waals surface area contributed by atoms with Crippen molar-refractivity contribution in [3.8, 4) is 36.5 Å². The largest absolute Gasteiger partial charge is 0.411 e. The van der Waals surface area contributed by atoms with Crippen molar-refractivity contribution in [2.75, 3.05) is 0 Å². The number of unbranched alkanes of at least 4 members (excludes halogenated alkanes) is 12. The Morgan fingerprint density at radius 1 is 0.625 bits per heavy atom. The van der Waals surface area contributed by atoms with Gasteiger partial charge in [0.1, 0.15) is 6.10 Å². The first kappa shape index (κ1) is 38.3. The summed E-state index contributed by atoms with van der Waals surface area (Å²) in [6, 6.07) is 0. The molecule has 2 atom stereocenters. The minimum absolute atomic E-state index is 0.167. The van der Waals surface area contributed by atoms with Crippen LogP contribution in [0, 0.1) is 36.5 Å². The molecule has 0 aromatic carbocycles. The maximum Gasteiger partial charge on any atom is 0.185 e. The van der Waals surface area contributed by atoms with Crippen LogP contribution in [0.5, 0.6) is 0 Å². The van der Waals surface area contributed by atoms with E-state index in [4.69, 9.17) is 21.7 Å². The van der Waals surface area contributed by atoms with Gasteiger partial charge in [-0.25, -0.2) is 0 Å². The molecule has 0 aliphatic heterocycles. The molecule has 0 aromatic heterocycles. The smallest absolute Gasteiger partial charge is 0.185 e. The summed E-state index contributed by atoms with van der Waals surface area (Å²) in [7, 11) is -3.12. The normalized spacial score (nSPS) is 13.8. The van der Waals surface area contributed by atoms with E-state index in [2.05, 4.69) is 87.3 Å². The van der Waals surface area contributed by atoms with Crippen LogP contribution in [-0.2, 0) is 8.85 Å². The van der Waals surface area contributed by atoms with Crippen LogP contribution in [-0.4, -0.2) is 28.8 Å². The fourth-order valence-corrected chi connectivity index (χ4v) is 6.30. The first-order chi connectivity index (χ1) is 19.1. The van der Waals surface area contributed by atoms with Gasteiger partial charge in [0.2, 0.25) is 0 Å². The number of terminal acetylenes is 2. The van der Waals surface area contributed by atoms with Crippen molar-refractivity contribution in [1.29, 1.82) is 0 Å². The van der Waals surface area contributed by atoms with Crippen molar-refractivity contribution in [3.05, 3.63) is 36.5 Å². The fraction of sp³-hybridized carbons (Fsp3) is 0.667. The summed E-state index contributed by atoms with van der Waals surface area (Å²) in [6.45, 7) is 13.2. The predicted octanol–water partition coefficient (Wildman–Crippen LogP) is 10.6. The van der Waals surface area contributed by atoms with E-state index in [-0.39, 0.29) is 12.2 Å². The van der Waals surface area contributed by atoms with Gasteiger partial charge in [-0.15, -0.1) is 18.8 Å². The first-order valence-corrected chi connectivity index (χ1v) is 22.6. The minimum Gasteiger partial charge on any atom is -0.411 e. The van der Waals surface area contributed by atoms with Crippen LogP contribution in [0.1, 0.15) is 103 Å². The zero-order valence-corrected chi connectivity index (χ0v) is 28.9. The fourth-order valence-electron chi connectivity index (χ4n) is 4.28. The average Bonchev–Trinajstić information content (AvgIpc) is 2.87. The lowest BCUT2D eigenvalue weighted by atomic mass is 10.1. The van der Waals surface area contributed by atoms with Crippen LogP contribution >= 0.6 is 0 Å². The second-order valence-corrected chi connectivity index (χ2v) is 21.5. The molecule has 0 aromatic rings. The van der Waals surface area contributed by atoms with Gasteiger partial charge in [-0.2, -0.15) is 0 Å². The standard InChI is InChI=1S/C36H60O2Si2/c1-9-11-32-36(38-40(6,7)8)34-31-29-27-25-23-21-19-17-15-13-12-14-16-18-20-22-24-26-28-30-33-35(10-2)37-39(3,4)5/h1-2,11,13,15,30,32-33,35-36H,12,17-29,31,34H2,3-8H3/b15-13-,32-11-,33-30+/t35-,36+/m0/s1. The van der Waals surface area contributed by atoms with Crippen molar-refractivity contribution in [2.24, 2.45) is 0 Å². The van der Waals surface area contributed by atoms with Gasteiger partial charge in [-0.3, -0.25) is 0 Å². The Balaban J connectivity index is 3.62. The summed E-state index contributed by atoms with van der Waals surface area (Å²) in [5.41, 5.74) is 0. The molecular weight excluding hydrogens is 521 g/mol. The Labute approximate surface area is 252 Å². The molecule has 4 heteroatoms. The Bertz CT molecular complexity index is 847. The summed E-state index contributed by atoms with van der Waals surface area (Å²) in [4.78, 5) is 0. The van der Waals surface area contributed by atoms with Crippen molar-refractivity contribution in [1.82, 2.24) is 0 Å². The van der Waals surface area contributed by atoms with Gasteiger partial charge < -0.3 is 8.85 Å². The SMILES string of the molecule is C#C/C=C\[C@H](CCCCCCCCC/C=C\CC#CCCCCCC/C=C/[C@H](C#C)O[Si](C)(C)C)O[Si](C)(C)C. The van der Waals surface area contributed by atoms with E-state index in [1.54, 1.807) is 6.08 Å². The van der Waals surface area contributed by atoms with E-state index >= 15 is 0 Å². The maximum atomic E-state index is 6.24. The third-order valence-electron chi connectivity index (χ3n) is 6.16. The number of hydrogen-bond acceptors (Lipinski definition) is 2. The topological polar surface area (TPSA) is 18.5 Å². The molecule has 40 heavy (non-hydrogen) atoms. The van der Waals surface area contributed by atoms with Crippen LogP contribution in [0.15, 0.2) is 36.5 Å². The van der Waals surface area contributed by atoms with Crippen LogP contribution in [0.3, 0.4) is 0 Å². The molecule has 0 fully saturated rings. The Hall–Kier alpha value is -1.75. The molecule has 0 amide bonds. The van der Waals surface area contributed by atoms with E-state index in [1.807, 2.05) is 6.08 Å². The molecule has 0 spiro atoms. The van der Waals surface area contributed by atoms with Crippen LogP contribution in [0.25, 0.3) is 0 Å². The zero-order valence-electron chi connectivity index (χ0n) is 26.9. The van der Waals surface area contributed by atoms with Crippen molar-refractivity contribution in [2.45, 2.75) is 154 Å². The van der Waals surface area contributed by atoms with E-state index in [1.165, 1.54) is 77.0 Å². The lowest BCUT2D eigenvalue weighted by molar-refractivity contribution is 0.226. The molecule has 0 saturated heterocycles. The van der Waals surface area contributed by atoms with Crippen LogP contribution in [0.2, 0.25) is 39.3 Å². The van der Waals surface area contributed by atoms with Gasteiger partial charge in [-0.1, -0.05) is 87.4 Å². The summed E-state index contributed by atoms with van der Waals surface area (Å²) >= 11 is 0. The minimum atomic E-state index is -1.59. The van der Waals surface area contributed by atoms with Gasteiger partial charge in [0.05, 0.1) is 6.10 Å². The molecule has 0 heterocycles. The highest BCUT2D eigenvalue weighted by Crippen LogP contribution is 2.16.